The molecule has 1 aromatic carbocycles. The lowest BCUT2D eigenvalue weighted by molar-refractivity contribution is 0.0532. The summed E-state index contributed by atoms with van der Waals surface area (Å²) in [4.78, 5) is 19.0. The van der Waals surface area contributed by atoms with E-state index in [-0.39, 0.29) is 5.91 Å². The van der Waals surface area contributed by atoms with Crippen LogP contribution < -0.4 is 16.0 Å². The fourth-order valence-corrected chi connectivity index (χ4v) is 3.54. The van der Waals surface area contributed by atoms with E-state index < -0.39 is 0 Å². The third-order valence-electron chi connectivity index (χ3n) is 5.22. The molecular formula is C23H39N5O2. The van der Waals surface area contributed by atoms with Gasteiger partial charge in [0, 0.05) is 51.4 Å². The van der Waals surface area contributed by atoms with Crippen molar-refractivity contribution in [1.29, 1.82) is 0 Å². The Morgan fingerprint density at radius 1 is 1.30 bits per heavy atom. The van der Waals surface area contributed by atoms with Gasteiger partial charge in [0.25, 0.3) is 5.91 Å². The molecule has 0 aromatic heterocycles. The maximum absolute atomic E-state index is 11.8. The van der Waals surface area contributed by atoms with E-state index in [1.165, 1.54) is 0 Å². The van der Waals surface area contributed by atoms with Crippen molar-refractivity contribution >= 4 is 11.9 Å². The molecule has 0 atom stereocenters. The van der Waals surface area contributed by atoms with Crippen LogP contribution in [-0.2, 0) is 11.2 Å². The maximum Gasteiger partial charge on any atom is 0.251 e. The summed E-state index contributed by atoms with van der Waals surface area (Å²) in [5.41, 5.74) is 1.81. The molecule has 1 fully saturated rings. The molecule has 168 valence electrons. The number of nitrogens with zero attached hydrogens (tertiary/aromatic N) is 2. The largest absolute Gasteiger partial charge is 0.377 e. The third-order valence-corrected chi connectivity index (χ3v) is 5.22. The molecule has 0 bridgehead atoms. The summed E-state index contributed by atoms with van der Waals surface area (Å²) in [6.07, 6.45) is 3.32. The zero-order chi connectivity index (χ0) is 21.8. The van der Waals surface area contributed by atoms with Crippen LogP contribution in [0.4, 0.5) is 0 Å². The van der Waals surface area contributed by atoms with Gasteiger partial charge in [-0.2, -0.15) is 0 Å². The molecule has 0 spiro atoms. The van der Waals surface area contributed by atoms with E-state index in [1.807, 2.05) is 24.3 Å². The topological polar surface area (TPSA) is 78.0 Å². The van der Waals surface area contributed by atoms with Gasteiger partial charge in [-0.05, 0) is 57.7 Å². The molecule has 0 saturated carbocycles. The number of benzene rings is 1. The summed E-state index contributed by atoms with van der Waals surface area (Å²) in [6.45, 7) is 11.8. The number of hydrogen-bond donors (Lipinski definition) is 3. The Morgan fingerprint density at radius 3 is 2.73 bits per heavy atom. The monoisotopic (exact) mass is 417 g/mol. The average Bonchev–Trinajstić information content (AvgIpc) is 2.74. The normalized spacial score (nSPS) is 16.0. The van der Waals surface area contributed by atoms with Crippen LogP contribution in [0.15, 0.2) is 29.3 Å². The van der Waals surface area contributed by atoms with Gasteiger partial charge in [0.05, 0.1) is 12.7 Å². The van der Waals surface area contributed by atoms with Crippen LogP contribution in [0.3, 0.4) is 0 Å². The number of likely N-dealkylation sites (tertiary alicyclic amines) is 1. The van der Waals surface area contributed by atoms with Crippen LogP contribution >= 0.6 is 0 Å². The van der Waals surface area contributed by atoms with Crippen molar-refractivity contribution in [3.05, 3.63) is 35.4 Å². The predicted octanol–water partition coefficient (Wildman–Crippen LogP) is 2.03. The van der Waals surface area contributed by atoms with Crippen LogP contribution in [0.5, 0.6) is 0 Å². The Morgan fingerprint density at radius 2 is 2.07 bits per heavy atom. The molecule has 30 heavy (non-hydrogen) atoms. The van der Waals surface area contributed by atoms with E-state index in [1.54, 1.807) is 7.05 Å². The number of hydrogen-bond acceptors (Lipinski definition) is 4. The first-order chi connectivity index (χ1) is 14.5. The summed E-state index contributed by atoms with van der Waals surface area (Å²) in [5.74, 6) is 0.819. The minimum absolute atomic E-state index is 0.0579. The van der Waals surface area contributed by atoms with Gasteiger partial charge in [0.15, 0.2) is 5.96 Å². The summed E-state index contributed by atoms with van der Waals surface area (Å²) in [5, 5.41) is 9.61. The van der Waals surface area contributed by atoms with Gasteiger partial charge >= 0.3 is 0 Å². The molecule has 1 amide bonds. The molecule has 3 N–H and O–H groups in total. The van der Waals surface area contributed by atoms with Crippen LogP contribution in [0.1, 0.15) is 49.5 Å². The van der Waals surface area contributed by atoms with Gasteiger partial charge in [-0.25, -0.2) is 0 Å². The van der Waals surface area contributed by atoms with Crippen molar-refractivity contribution in [1.82, 2.24) is 20.9 Å². The SMILES string of the molecule is CCNC(=NCCc1cccc(C(=O)NC)c1)NC1CCN(CCOC(C)C)CC1. The van der Waals surface area contributed by atoms with Crippen molar-refractivity contribution in [3.8, 4) is 0 Å². The molecule has 2 rings (SSSR count). The second kappa shape index (κ2) is 13.2. The summed E-state index contributed by atoms with van der Waals surface area (Å²) >= 11 is 0. The molecule has 7 heteroatoms. The maximum atomic E-state index is 11.8. The molecule has 0 radical (unpaired) electrons. The first-order valence-electron chi connectivity index (χ1n) is 11.2. The van der Waals surface area contributed by atoms with E-state index in [9.17, 15) is 4.79 Å². The molecule has 1 heterocycles. The smallest absolute Gasteiger partial charge is 0.251 e. The number of carbonyl (C=O) groups excluding carboxylic acids is 1. The highest BCUT2D eigenvalue weighted by atomic mass is 16.5. The Kier molecular flexibility index (Phi) is 10.7. The summed E-state index contributed by atoms with van der Waals surface area (Å²) < 4.78 is 5.67. The highest BCUT2D eigenvalue weighted by Gasteiger charge is 2.19. The lowest BCUT2D eigenvalue weighted by Crippen LogP contribution is -2.49. The number of piperidine rings is 1. The van der Waals surface area contributed by atoms with Crippen molar-refractivity contribution in [2.75, 3.05) is 46.4 Å². The number of nitrogens with one attached hydrogen (secondary N) is 3. The van der Waals surface area contributed by atoms with Gasteiger partial charge < -0.3 is 25.6 Å². The number of ether oxygens (including phenoxy) is 1. The van der Waals surface area contributed by atoms with Gasteiger partial charge in [-0.3, -0.25) is 9.79 Å². The molecule has 1 aromatic rings. The van der Waals surface area contributed by atoms with E-state index in [4.69, 9.17) is 9.73 Å². The van der Waals surface area contributed by atoms with Gasteiger partial charge in [0.2, 0.25) is 0 Å². The quantitative estimate of drug-likeness (QED) is 0.401. The number of amides is 1. The molecule has 1 aliphatic rings. The number of carbonyl (C=O) groups is 1. The van der Waals surface area contributed by atoms with Crippen LogP contribution in [0.2, 0.25) is 0 Å². The number of aliphatic imine (C=N–C) groups is 1. The fourth-order valence-electron chi connectivity index (χ4n) is 3.54. The first kappa shape index (κ1) is 24.2. The predicted molar refractivity (Wildman–Crippen MR) is 123 cm³/mol. The number of guanidine groups is 1. The van der Waals surface area contributed by atoms with E-state index in [2.05, 4.69) is 41.6 Å². The van der Waals surface area contributed by atoms with E-state index >= 15 is 0 Å². The first-order valence-corrected chi connectivity index (χ1v) is 11.2. The molecular weight excluding hydrogens is 378 g/mol. The van der Waals surface area contributed by atoms with Crippen LogP contribution in [0, 0.1) is 0 Å². The standard InChI is InChI=1S/C23H39N5O2/c1-5-25-23(26-12-9-19-7-6-8-20(17-19)22(29)24-4)27-21-10-13-28(14-11-21)15-16-30-18(2)3/h6-8,17-18,21H,5,9-16H2,1-4H3,(H,24,29)(H2,25,26,27). The van der Waals surface area contributed by atoms with Crippen molar-refractivity contribution < 1.29 is 9.53 Å². The fraction of sp³-hybridized carbons (Fsp3) is 0.652. The zero-order valence-corrected chi connectivity index (χ0v) is 19.0. The molecule has 0 unspecified atom stereocenters. The Labute approximate surface area is 181 Å². The minimum atomic E-state index is -0.0579. The minimum Gasteiger partial charge on any atom is -0.377 e. The molecule has 1 saturated heterocycles. The number of rotatable bonds is 10. The van der Waals surface area contributed by atoms with Crippen LogP contribution in [0.25, 0.3) is 0 Å². The van der Waals surface area contributed by atoms with Crippen molar-refractivity contribution in [2.45, 2.75) is 52.2 Å². The second-order valence-corrected chi connectivity index (χ2v) is 7.97. The van der Waals surface area contributed by atoms with E-state index in [0.29, 0.717) is 24.3 Å². The molecule has 0 aliphatic carbocycles. The lowest BCUT2D eigenvalue weighted by atomic mass is 10.1. The van der Waals surface area contributed by atoms with Crippen LogP contribution in [-0.4, -0.2) is 75.3 Å². The summed E-state index contributed by atoms with van der Waals surface area (Å²) in [7, 11) is 1.65. The zero-order valence-electron chi connectivity index (χ0n) is 19.0. The second-order valence-electron chi connectivity index (χ2n) is 7.97. The van der Waals surface area contributed by atoms with Crippen molar-refractivity contribution in [3.63, 3.8) is 0 Å². The Balaban J connectivity index is 1.79. The highest BCUT2D eigenvalue weighted by molar-refractivity contribution is 5.94. The summed E-state index contributed by atoms with van der Waals surface area (Å²) in [6, 6.07) is 8.18. The third kappa shape index (κ3) is 8.71. The van der Waals surface area contributed by atoms with E-state index in [0.717, 1.165) is 63.6 Å². The molecule has 1 aliphatic heterocycles. The van der Waals surface area contributed by atoms with Gasteiger partial charge in [0.1, 0.15) is 0 Å². The Hall–Kier alpha value is -2.12. The highest BCUT2D eigenvalue weighted by Crippen LogP contribution is 2.10. The lowest BCUT2D eigenvalue weighted by Gasteiger charge is -2.33. The van der Waals surface area contributed by atoms with Crippen molar-refractivity contribution in [2.24, 2.45) is 4.99 Å². The van der Waals surface area contributed by atoms with Gasteiger partial charge in [-0.15, -0.1) is 0 Å². The molecule has 7 nitrogen and oxygen atoms in total. The Bertz CT molecular complexity index is 669. The van der Waals surface area contributed by atoms with Gasteiger partial charge in [-0.1, -0.05) is 12.1 Å². The average molecular weight is 418 g/mol.